The second-order valence-corrected chi connectivity index (χ2v) is 4.44. The van der Waals surface area contributed by atoms with Gasteiger partial charge in [0.2, 0.25) is 0 Å². The van der Waals surface area contributed by atoms with Gasteiger partial charge < -0.3 is 5.32 Å². The Balaban J connectivity index is 2.40. The van der Waals surface area contributed by atoms with Crippen LogP contribution in [0.25, 0.3) is 5.69 Å². The summed E-state index contributed by atoms with van der Waals surface area (Å²) in [6.45, 7) is 6.34. The van der Waals surface area contributed by atoms with Gasteiger partial charge in [-0.15, -0.1) is 0 Å². The first-order valence-corrected chi connectivity index (χ1v) is 5.92. The Morgan fingerprint density at radius 1 is 1.18 bits per heavy atom. The highest BCUT2D eigenvalue weighted by Gasteiger charge is 2.12. The molecule has 0 saturated heterocycles. The Hall–Kier alpha value is -1.61. The van der Waals surface area contributed by atoms with Crippen molar-refractivity contribution in [1.29, 1.82) is 0 Å². The number of rotatable bonds is 3. The molecule has 1 N–H and O–H groups in total. The summed E-state index contributed by atoms with van der Waals surface area (Å²) in [6.07, 6.45) is 1.94. The molecule has 0 spiro atoms. The summed E-state index contributed by atoms with van der Waals surface area (Å²) < 4.78 is 1.99. The monoisotopic (exact) mass is 229 g/mol. The molecule has 0 bridgehead atoms. The largest absolute Gasteiger partial charge is 0.313 e. The molecule has 3 heteroatoms. The van der Waals surface area contributed by atoms with E-state index in [0.717, 1.165) is 5.69 Å². The van der Waals surface area contributed by atoms with Gasteiger partial charge in [0.15, 0.2) is 0 Å². The van der Waals surface area contributed by atoms with E-state index in [-0.39, 0.29) is 0 Å². The van der Waals surface area contributed by atoms with E-state index in [4.69, 9.17) is 0 Å². The summed E-state index contributed by atoms with van der Waals surface area (Å²) in [5.74, 6) is 0. The summed E-state index contributed by atoms with van der Waals surface area (Å²) in [5, 5.41) is 7.70. The van der Waals surface area contributed by atoms with Crippen LogP contribution in [0.15, 0.2) is 30.5 Å². The van der Waals surface area contributed by atoms with Crippen molar-refractivity contribution in [3.63, 3.8) is 0 Å². The van der Waals surface area contributed by atoms with E-state index >= 15 is 0 Å². The van der Waals surface area contributed by atoms with Gasteiger partial charge in [-0.25, -0.2) is 4.68 Å². The minimum absolute atomic E-state index is 0.328. The van der Waals surface area contributed by atoms with Crippen LogP contribution < -0.4 is 5.32 Å². The Labute approximate surface area is 102 Å². The molecule has 90 valence electrons. The Morgan fingerprint density at radius 2 is 1.82 bits per heavy atom. The second kappa shape index (κ2) is 4.72. The van der Waals surface area contributed by atoms with Crippen molar-refractivity contribution in [2.45, 2.75) is 26.8 Å². The van der Waals surface area contributed by atoms with Crippen LogP contribution in [0, 0.1) is 13.8 Å². The molecule has 1 unspecified atom stereocenters. The predicted octanol–water partition coefficient (Wildman–Crippen LogP) is 2.77. The van der Waals surface area contributed by atoms with E-state index in [2.05, 4.69) is 55.5 Å². The number of hydrogen-bond donors (Lipinski definition) is 1. The maximum atomic E-state index is 4.46. The number of aryl methyl sites for hydroxylation is 1. The molecule has 0 saturated carbocycles. The van der Waals surface area contributed by atoms with Crippen LogP contribution >= 0.6 is 0 Å². The van der Waals surface area contributed by atoms with E-state index in [0.29, 0.717) is 6.04 Å². The molecule has 0 aliphatic heterocycles. The van der Waals surface area contributed by atoms with Gasteiger partial charge in [0.05, 0.1) is 11.9 Å². The highest BCUT2D eigenvalue weighted by molar-refractivity contribution is 5.37. The van der Waals surface area contributed by atoms with E-state index in [1.54, 1.807) is 0 Å². The van der Waals surface area contributed by atoms with Gasteiger partial charge in [-0.3, -0.25) is 0 Å². The molecule has 0 radical (unpaired) electrons. The van der Waals surface area contributed by atoms with Gasteiger partial charge in [0.25, 0.3) is 0 Å². The summed E-state index contributed by atoms with van der Waals surface area (Å²) >= 11 is 0. The molecular weight excluding hydrogens is 210 g/mol. The molecule has 3 nitrogen and oxygen atoms in total. The highest BCUT2D eigenvalue weighted by Crippen LogP contribution is 2.19. The van der Waals surface area contributed by atoms with Crippen molar-refractivity contribution < 1.29 is 0 Å². The zero-order valence-electron chi connectivity index (χ0n) is 10.9. The topological polar surface area (TPSA) is 29.9 Å². The van der Waals surface area contributed by atoms with Crippen LogP contribution in [0.2, 0.25) is 0 Å². The lowest BCUT2D eigenvalue weighted by atomic mass is 10.1. The Kier molecular flexibility index (Phi) is 3.29. The van der Waals surface area contributed by atoms with Gasteiger partial charge in [-0.05, 0) is 40.0 Å². The summed E-state index contributed by atoms with van der Waals surface area (Å²) in [5.41, 5.74) is 4.81. The van der Waals surface area contributed by atoms with E-state index in [1.165, 1.54) is 16.8 Å². The third kappa shape index (κ3) is 2.24. The molecule has 0 amide bonds. The van der Waals surface area contributed by atoms with Gasteiger partial charge in [-0.1, -0.05) is 17.7 Å². The maximum absolute atomic E-state index is 4.46. The van der Waals surface area contributed by atoms with Gasteiger partial charge >= 0.3 is 0 Å². The molecule has 17 heavy (non-hydrogen) atoms. The zero-order valence-corrected chi connectivity index (χ0v) is 10.9. The number of nitrogens with one attached hydrogen (secondary N) is 1. The quantitative estimate of drug-likeness (QED) is 0.877. The summed E-state index contributed by atoms with van der Waals surface area (Å²) in [4.78, 5) is 0. The minimum atomic E-state index is 0.328. The highest BCUT2D eigenvalue weighted by atomic mass is 15.3. The zero-order chi connectivity index (χ0) is 12.4. The van der Waals surface area contributed by atoms with Gasteiger partial charge in [-0.2, -0.15) is 5.10 Å². The Morgan fingerprint density at radius 3 is 2.41 bits per heavy atom. The fraction of sp³-hybridized carbons (Fsp3) is 0.357. The van der Waals surface area contributed by atoms with Crippen LogP contribution in [0.5, 0.6) is 0 Å². The molecule has 0 aliphatic carbocycles. The lowest BCUT2D eigenvalue weighted by molar-refractivity contribution is 0.647. The molecule has 2 aromatic rings. The first-order chi connectivity index (χ1) is 8.13. The molecule has 1 aromatic heterocycles. The normalized spacial score (nSPS) is 12.7. The van der Waals surface area contributed by atoms with E-state index < -0.39 is 0 Å². The average Bonchev–Trinajstić information content (AvgIpc) is 2.71. The van der Waals surface area contributed by atoms with Crippen molar-refractivity contribution in [2.75, 3.05) is 7.05 Å². The van der Waals surface area contributed by atoms with Crippen molar-refractivity contribution in [3.05, 3.63) is 47.3 Å². The standard InChI is InChI=1S/C14H19N3/c1-10-5-7-13(8-6-10)17-12(3)14(9-16-17)11(2)15-4/h5-9,11,15H,1-4H3. The SMILES string of the molecule is CNC(C)c1cnn(-c2ccc(C)cc2)c1C. The first-order valence-electron chi connectivity index (χ1n) is 5.92. The Bertz CT molecular complexity index is 497. The molecular formula is C14H19N3. The third-order valence-corrected chi connectivity index (χ3v) is 3.23. The lowest BCUT2D eigenvalue weighted by Gasteiger charge is -2.10. The molecule has 2 rings (SSSR count). The average molecular weight is 229 g/mol. The maximum Gasteiger partial charge on any atom is 0.0648 e. The fourth-order valence-electron chi connectivity index (χ4n) is 1.95. The second-order valence-electron chi connectivity index (χ2n) is 4.44. The molecule has 1 aromatic carbocycles. The van der Waals surface area contributed by atoms with Crippen molar-refractivity contribution in [2.24, 2.45) is 0 Å². The fourth-order valence-corrected chi connectivity index (χ4v) is 1.95. The number of hydrogen-bond acceptors (Lipinski definition) is 2. The third-order valence-electron chi connectivity index (χ3n) is 3.23. The first kappa shape index (κ1) is 11.9. The number of benzene rings is 1. The lowest BCUT2D eigenvalue weighted by Crippen LogP contribution is -2.13. The van der Waals surface area contributed by atoms with Crippen LogP contribution in [0.3, 0.4) is 0 Å². The number of aromatic nitrogens is 2. The van der Waals surface area contributed by atoms with Gasteiger partial charge in [0, 0.05) is 17.3 Å². The molecule has 0 aliphatic rings. The summed E-state index contributed by atoms with van der Waals surface area (Å²) in [6, 6.07) is 8.75. The van der Waals surface area contributed by atoms with E-state index in [9.17, 15) is 0 Å². The van der Waals surface area contributed by atoms with E-state index in [1.807, 2.05) is 17.9 Å². The van der Waals surface area contributed by atoms with Crippen molar-refractivity contribution in [3.8, 4) is 5.69 Å². The molecule has 1 heterocycles. The molecule has 1 atom stereocenters. The van der Waals surface area contributed by atoms with Crippen LogP contribution in [-0.4, -0.2) is 16.8 Å². The molecule has 0 fully saturated rings. The smallest absolute Gasteiger partial charge is 0.0648 e. The van der Waals surface area contributed by atoms with Crippen LogP contribution in [0.4, 0.5) is 0 Å². The minimum Gasteiger partial charge on any atom is -0.313 e. The summed E-state index contributed by atoms with van der Waals surface area (Å²) in [7, 11) is 1.97. The predicted molar refractivity (Wildman–Crippen MR) is 70.5 cm³/mol. The van der Waals surface area contributed by atoms with Crippen molar-refractivity contribution >= 4 is 0 Å². The van der Waals surface area contributed by atoms with Crippen LogP contribution in [-0.2, 0) is 0 Å². The van der Waals surface area contributed by atoms with Crippen molar-refractivity contribution in [1.82, 2.24) is 15.1 Å². The van der Waals surface area contributed by atoms with Gasteiger partial charge in [0.1, 0.15) is 0 Å². The number of nitrogens with zero attached hydrogens (tertiary/aromatic N) is 2. The van der Waals surface area contributed by atoms with Crippen LogP contribution in [0.1, 0.15) is 29.8 Å².